The van der Waals surface area contributed by atoms with Gasteiger partial charge >= 0.3 is 0 Å². The SMILES string of the molecule is Nc1csc(S(=O)(=O)N2CCCC2)c1O. The van der Waals surface area contributed by atoms with Crippen LogP contribution >= 0.6 is 11.3 Å². The fraction of sp³-hybridized carbons (Fsp3) is 0.500. The summed E-state index contributed by atoms with van der Waals surface area (Å²) in [5, 5.41) is 11.0. The van der Waals surface area contributed by atoms with Crippen molar-refractivity contribution in [2.45, 2.75) is 17.1 Å². The van der Waals surface area contributed by atoms with Crippen LogP contribution in [0, 0.1) is 0 Å². The predicted octanol–water partition coefficient (Wildman–Crippen LogP) is 0.820. The maximum absolute atomic E-state index is 12.0. The van der Waals surface area contributed by atoms with E-state index in [4.69, 9.17) is 5.73 Å². The van der Waals surface area contributed by atoms with E-state index in [0.717, 1.165) is 24.2 Å². The van der Waals surface area contributed by atoms with Gasteiger partial charge < -0.3 is 10.8 Å². The van der Waals surface area contributed by atoms with E-state index < -0.39 is 10.0 Å². The highest BCUT2D eigenvalue weighted by molar-refractivity contribution is 7.91. The first-order chi connectivity index (χ1) is 7.03. The molecule has 0 radical (unpaired) electrons. The lowest BCUT2D eigenvalue weighted by molar-refractivity contribution is 0.451. The van der Waals surface area contributed by atoms with E-state index in [2.05, 4.69) is 0 Å². The number of nitrogens with two attached hydrogens (primary N) is 1. The van der Waals surface area contributed by atoms with Crippen LogP contribution < -0.4 is 5.73 Å². The number of hydrogen-bond acceptors (Lipinski definition) is 5. The summed E-state index contributed by atoms with van der Waals surface area (Å²) in [6.07, 6.45) is 1.75. The third-order valence-corrected chi connectivity index (χ3v) is 5.81. The Morgan fingerprint density at radius 2 is 2.00 bits per heavy atom. The first kappa shape index (κ1) is 10.7. The van der Waals surface area contributed by atoms with Gasteiger partial charge in [-0.25, -0.2) is 8.42 Å². The van der Waals surface area contributed by atoms with Gasteiger partial charge in [-0.2, -0.15) is 4.31 Å². The van der Waals surface area contributed by atoms with Crippen molar-refractivity contribution in [1.82, 2.24) is 4.31 Å². The molecular weight excluding hydrogens is 236 g/mol. The number of sulfonamides is 1. The Bertz CT molecular complexity index is 460. The average molecular weight is 248 g/mol. The Kier molecular flexibility index (Phi) is 2.61. The number of nitrogens with zero attached hydrogens (tertiary/aromatic N) is 1. The van der Waals surface area contributed by atoms with E-state index >= 15 is 0 Å². The van der Waals surface area contributed by atoms with Crippen LogP contribution in [0.4, 0.5) is 5.69 Å². The Labute approximate surface area is 92.2 Å². The van der Waals surface area contributed by atoms with Crippen LogP contribution in [-0.4, -0.2) is 30.9 Å². The highest BCUT2D eigenvalue weighted by Crippen LogP contribution is 2.37. The molecule has 0 unspecified atom stereocenters. The summed E-state index contributed by atoms with van der Waals surface area (Å²) in [6.45, 7) is 1.05. The minimum Gasteiger partial charge on any atom is -0.504 e. The van der Waals surface area contributed by atoms with Gasteiger partial charge in [0.1, 0.15) is 0 Å². The molecule has 0 aromatic carbocycles. The molecule has 5 nitrogen and oxygen atoms in total. The van der Waals surface area contributed by atoms with Crippen molar-refractivity contribution in [3.8, 4) is 5.75 Å². The van der Waals surface area contributed by atoms with Crippen LogP contribution in [-0.2, 0) is 10.0 Å². The molecule has 84 valence electrons. The molecule has 0 saturated carbocycles. The minimum absolute atomic E-state index is 0.0399. The predicted molar refractivity (Wildman–Crippen MR) is 58.4 cm³/mol. The summed E-state index contributed by atoms with van der Waals surface area (Å²) in [5.74, 6) is -0.313. The van der Waals surface area contributed by atoms with E-state index in [1.807, 2.05) is 0 Å². The van der Waals surface area contributed by atoms with Crippen LogP contribution in [0.1, 0.15) is 12.8 Å². The van der Waals surface area contributed by atoms with Gasteiger partial charge in [-0.3, -0.25) is 0 Å². The summed E-state index contributed by atoms with van der Waals surface area (Å²) in [4.78, 5) is 0. The molecule has 1 aliphatic heterocycles. The lowest BCUT2D eigenvalue weighted by Gasteiger charge is -2.13. The second-order valence-corrected chi connectivity index (χ2v) is 6.45. The third kappa shape index (κ3) is 1.70. The molecule has 1 aliphatic rings. The quantitative estimate of drug-likeness (QED) is 0.811. The second-order valence-electron chi connectivity index (χ2n) is 3.44. The molecular formula is C8H12N2O3S2. The standard InChI is InChI=1S/C8H12N2O3S2/c9-6-5-14-8(7(6)11)15(12,13)10-3-1-2-4-10/h5,11H,1-4,9H2. The summed E-state index contributed by atoms with van der Waals surface area (Å²) in [5.41, 5.74) is 5.54. The van der Waals surface area contributed by atoms with Crippen LogP contribution in [0.15, 0.2) is 9.59 Å². The summed E-state index contributed by atoms with van der Waals surface area (Å²) >= 11 is 0.965. The Morgan fingerprint density at radius 3 is 2.47 bits per heavy atom. The molecule has 2 rings (SSSR count). The molecule has 1 aromatic heterocycles. The Morgan fingerprint density at radius 1 is 1.40 bits per heavy atom. The van der Waals surface area contributed by atoms with Crippen molar-refractivity contribution in [3.63, 3.8) is 0 Å². The van der Waals surface area contributed by atoms with Crippen molar-refractivity contribution >= 4 is 27.0 Å². The molecule has 2 heterocycles. The molecule has 1 aromatic rings. The van der Waals surface area contributed by atoms with Gasteiger partial charge in [-0.15, -0.1) is 11.3 Å². The smallest absolute Gasteiger partial charge is 0.256 e. The number of nitrogen functional groups attached to an aromatic ring is 1. The van der Waals surface area contributed by atoms with Crippen molar-refractivity contribution in [2.24, 2.45) is 0 Å². The summed E-state index contributed by atoms with van der Waals surface area (Å²) in [7, 11) is -3.53. The van der Waals surface area contributed by atoms with E-state index in [1.54, 1.807) is 0 Å². The van der Waals surface area contributed by atoms with Crippen molar-refractivity contribution in [3.05, 3.63) is 5.38 Å². The molecule has 0 spiro atoms. The first-order valence-electron chi connectivity index (χ1n) is 4.59. The highest BCUT2D eigenvalue weighted by atomic mass is 32.2. The molecule has 0 atom stereocenters. The number of aromatic hydroxyl groups is 1. The molecule has 0 bridgehead atoms. The normalized spacial score (nSPS) is 18.4. The average Bonchev–Trinajstić information content (AvgIpc) is 2.78. The second kappa shape index (κ2) is 3.66. The zero-order valence-electron chi connectivity index (χ0n) is 8.01. The number of thiophene rings is 1. The number of anilines is 1. The van der Waals surface area contributed by atoms with E-state index in [-0.39, 0.29) is 15.6 Å². The lowest BCUT2D eigenvalue weighted by atomic mass is 10.4. The van der Waals surface area contributed by atoms with Gasteiger partial charge in [0.05, 0.1) is 5.69 Å². The van der Waals surface area contributed by atoms with Gasteiger partial charge in [-0.05, 0) is 12.8 Å². The van der Waals surface area contributed by atoms with Gasteiger partial charge in [-0.1, -0.05) is 0 Å². The first-order valence-corrected chi connectivity index (χ1v) is 6.91. The van der Waals surface area contributed by atoms with Crippen molar-refractivity contribution in [2.75, 3.05) is 18.8 Å². The van der Waals surface area contributed by atoms with Crippen LogP contribution in [0.2, 0.25) is 0 Å². The van der Waals surface area contributed by atoms with Gasteiger partial charge in [0.15, 0.2) is 9.96 Å². The molecule has 15 heavy (non-hydrogen) atoms. The number of rotatable bonds is 2. The summed E-state index contributed by atoms with van der Waals surface area (Å²) in [6, 6.07) is 0. The van der Waals surface area contributed by atoms with Gasteiger partial charge in [0, 0.05) is 18.5 Å². The van der Waals surface area contributed by atoms with E-state index in [1.165, 1.54) is 9.69 Å². The van der Waals surface area contributed by atoms with Crippen LogP contribution in [0.5, 0.6) is 5.75 Å². The van der Waals surface area contributed by atoms with E-state index in [0.29, 0.717) is 13.1 Å². The van der Waals surface area contributed by atoms with Gasteiger partial charge in [0.25, 0.3) is 10.0 Å². The maximum atomic E-state index is 12.0. The minimum atomic E-state index is -3.53. The zero-order chi connectivity index (χ0) is 11.1. The van der Waals surface area contributed by atoms with Crippen molar-refractivity contribution in [1.29, 1.82) is 0 Å². The summed E-state index contributed by atoms with van der Waals surface area (Å²) < 4.78 is 25.3. The van der Waals surface area contributed by atoms with Crippen molar-refractivity contribution < 1.29 is 13.5 Å². The van der Waals surface area contributed by atoms with Gasteiger partial charge in [0.2, 0.25) is 0 Å². The topological polar surface area (TPSA) is 83.6 Å². The number of hydrogen-bond donors (Lipinski definition) is 2. The fourth-order valence-corrected chi connectivity index (χ4v) is 4.43. The largest absolute Gasteiger partial charge is 0.504 e. The third-order valence-electron chi connectivity index (χ3n) is 2.40. The molecule has 1 fully saturated rings. The molecule has 1 saturated heterocycles. The molecule has 3 N–H and O–H groups in total. The monoisotopic (exact) mass is 248 g/mol. The van der Waals surface area contributed by atoms with E-state index in [9.17, 15) is 13.5 Å². The molecule has 7 heteroatoms. The Hall–Kier alpha value is -0.790. The maximum Gasteiger partial charge on any atom is 0.256 e. The Balaban J connectivity index is 2.41. The van der Waals surface area contributed by atoms with Crippen LogP contribution in [0.25, 0.3) is 0 Å². The fourth-order valence-electron chi connectivity index (χ4n) is 1.58. The zero-order valence-corrected chi connectivity index (χ0v) is 9.64. The molecule has 0 amide bonds. The molecule has 0 aliphatic carbocycles. The van der Waals surface area contributed by atoms with Crippen LogP contribution in [0.3, 0.4) is 0 Å². The lowest BCUT2D eigenvalue weighted by Crippen LogP contribution is -2.27. The highest BCUT2D eigenvalue weighted by Gasteiger charge is 2.31.